The number of hydrogen-bond donors (Lipinski definition) is 0. The summed E-state index contributed by atoms with van der Waals surface area (Å²) in [6, 6.07) is 1.93. The van der Waals surface area contributed by atoms with Crippen molar-refractivity contribution in [1.29, 1.82) is 0 Å². The molecule has 1 aromatic heterocycles. The predicted molar refractivity (Wildman–Crippen MR) is 64.6 cm³/mol. The van der Waals surface area contributed by atoms with Crippen LogP contribution >= 0.6 is 31.9 Å². The molecule has 0 aliphatic carbocycles. The van der Waals surface area contributed by atoms with Crippen molar-refractivity contribution in [2.24, 2.45) is 5.92 Å². The van der Waals surface area contributed by atoms with Gasteiger partial charge in [0.05, 0.1) is 11.1 Å². The van der Waals surface area contributed by atoms with E-state index in [0.29, 0.717) is 18.4 Å². The molecule has 0 aliphatic heterocycles. The molecule has 0 fully saturated rings. The average Bonchev–Trinajstić information content (AvgIpc) is 2.08. The molecule has 1 heterocycles. The molecule has 0 N–H and O–H groups in total. The van der Waals surface area contributed by atoms with Gasteiger partial charge in [0.25, 0.3) is 0 Å². The van der Waals surface area contributed by atoms with Crippen molar-refractivity contribution >= 4 is 31.9 Å². The Morgan fingerprint density at radius 1 is 1.43 bits per heavy atom. The molecule has 78 valence electrons. The van der Waals surface area contributed by atoms with Gasteiger partial charge in [0, 0.05) is 10.7 Å². The fraction of sp³-hybridized carbons (Fsp3) is 0.500. The van der Waals surface area contributed by atoms with Gasteiger partial charge >= 0.3 is 0 Å². The zero-order valence-electron chi connectivity index (χ0n) is 8.26. The predicted octanol–water partition coefficient (Wildman–Crippen LogP) is 4.03. The lowest BCUT2D eigenvalue weighted by atomic mass is 10.1. The smallest absolute Gasteiger partial charge is 0.228 e. The van der Waals surface area contributed by atoms with Crippen molar-refractivity contribution in [1.82, 2.24) is 4.98 Å². The highest BCUT2D eigenvalue weighted by molar-refractivity contribution is 9.11. The minimum Gasteiger partial charge on any atom is -0.477 e. The highest BCUT2D eigenvalue weighted by atomic mass is 79.9. The molecule has 0 aromatic carbocycles. The summed E-state index contributed by atoms with van der Waals surface area (Å²) >= 11 is 6.74. The van der Waals surface area contributed by atoms with Crippen LogP contribution in [0.4, 0.5) is 0 Å². The van der Waals surface area contributed by atoms with E-state index in [1.54, 1.807) is 6.20 Å². The van der Waals surface area contributed by atoms with E-state index in [1.807, 2.05) is 6.07 Å². The van der Waals surface area contributed by atoms with Crippen LogP contribution in [0, 0.1) is 5.92 Å². The van der Waals surface area contributed by atoms with Crippen LogP contribution < -0.4 is 4.74 Å². The van der Waals surface area contributed by atoms with E-state index in [9.17, 15) is 0 Å². The van der Waals surface area contributed by atoms with Crippen LogP contribution in [0.2, 0.25) is 0 Å². The third-order valence-corrected chi connectivity index (χ3v) is 2.71. The van der Waals surface area contributed by atoms with Gasteiger partial charge in [0.1, 0.15) is 0 Å². The summed E-state index contributed by atoms with van der Waals surface area (Å²) in [5.41, 5.74) is 0. The number of ether oxygens (including phenoxy) is 1. The summed E-state index contributed by atoms with van der Waals surface area (Å²) in [6.45, 7) is 5.06. The molecule has 0 spiro atoms. The molecular formula is C10H13Br2NO. The van der Waals surface area contributed by atoms with Gasteiger partial charge in [-0.2, -0.15) is 0 Å². The maximum absolute atomic E-state index is 5.52. The zero-order chi connectivity index (χ0) is 10.6. The highest BCUT2D eigenvalue weighted by Crippen LogP contribution is 2.25. The van der Waals surface area contributed by atoms with Crippen LogP contribution in [0.25, 0.3) is 0 Å². The second-order valence-corrected chi connectivity index (χ2v) is 5.24. The summed E-state index contributed by atoms with van der Waals surface area (Å²) in [4.78, 5) is 4.16. The lowest BCUT2D eigenvalue weighted by Crippen LogP contribution is -2.03. The van der Waals surface area contributed by atoms with Crippen LogP contribution in [-0.4, -0.2) is 11.6 Å². The van der Waals surface area contributed by atoms with E-state index in [-0.39, 0.29) is 0 Å². The van der Waals surface area contributed by atoms with Crippen LogP contribution in [0.15, 0.2) is 21.2 Å². The second kappa shape index (κ2) is 5.71. The minimum absolute atomic E-state index is 0.657. The molecule has 0 radical (unpaired) electrons. The standard InChI is InChI=1S/C10H13Br2NO/c1-7(2)3-4-14-10-9(12)5-8(11)6-13-10/h5-7H,3-4H2,1-2H3. The molecule has 0 atom stereocenters. The zero-order valence-corrected chi connectivity index (χ0v) is 11.4. The Morgan fingerprint density at radius 3 is 2.71 bits per heavy atom. The fourth-order valence-electron chi connectivity index (χ4n) is 0.900. The largest absolute Gasteiger partial charge is 0.477 e. The van der Waals surface area contributed by atoms with Crippen LogP contribution in [0.1, 0.15) is 20.3 Å². The van der Waals surface area contributed by atoms with E-state index in [0.717, 1.165) is 15.4 Å². The SMILES string of the molecule is CC(C)CCOc1ncc(Br)cc1Br. The third kappa shape index (κ3) is 3.96. The van der Waals surface area contributed by atoms with Gasteiger partial charge in [0.2, 0.25) is 5.88 Å². The summed E-state index contributed by atoms with van der Waals surface area (Å²) in [6.07, 6.45) is 2.78. The van der Waals surface area contributed by atoms with Gasteiger partial charge in [0.15, 0.2) is 0 Å². The van der Waals surface area contributed by atoms with E-state index >= 15 is 0 Å². The van der Waals surface area contributed by atoms with Gasteiger partial charge in [-0.25, -0.2) is 4.98 Å². The number of hydrogen-bond acceptors (Lipinski definition) is 2. The maximum Gasteiger partial charge on any atom is 0.228 e. The van der Waals surface area contributed by atoms with Crippen LogP contribution in [0.3, 0.4) is 0 Å². The van der Waals surface area contributed by atoms with Gasteiger partial charge < -0.3 is 4.74 Å². The first-order valence-corrected chi connectivity index (χ1v) is 6.12. The van der Waals surface area contributed by atoms with Crippen LogP contribution in [0.5, 0.6) is 5.88 Å². The van der Waals surface area contributed by atoms with Gasteiger partial charge in [-0.05, 0) is 50.3 Å². The Labute approximate surface area is 101 Å². The van der Waals surface area contributed by atoms with E-state index in [2.05, 4.69) is 50.7 Å². The quantitative estimate of drug-likeness (QED) is 0.835. The van der Waals surface area contributed by atoms with Gasteiger partial charge in [-0.3, -0.25) is 0 Å². The van der Waals surface area contributed by atoms with Crippen LogP contribution in [-0.2, 0) is 0 Å². The maximum atomic E-state index is 5.52. The van der Waals surface area contributed by atoms with E-state index in [1.165, 1.54) is 0 Å². The Kier molecular flexibility index (Phi) is 4.89. The van der Waals surface area contributed by atoms with Gasteiger partial charge in [-0.1, -0.05) is 13.8 Å². The Bertz CT molecular complexity index is 302. The second-order valence-electron chi connectivity index (χ2n) is 3.47. The number of pyridine rings is 1. The Hall–Kier alpha value is -0.0900. The molecule has 4 heteroatoms. The number of nitrogens with zero attached hydrogens (tertiary/aromatic N) is 1. The third-order valence-electron chi connectivity index (χ3n) is 1.71. The highest BCUT2D eigenvalue weighted by Gasteiger charge is 2.03. The fourth-order valence-corrected chi connectivity index (χ4v) is 2.00. The molecule has 0 bridgehead atoms. The number of halogens is 2. The Morgan fingerprint density at radius 2 is 2.14 bits per heavy atom. The Balaban J connectivity index is 2.51. The average molecular weight is 323 g/mol. The molecule has 0 saturated carbocycles. The van der Waals surface area contributed by atoms with E-state index in [4.69, 9.17) is 4.74 Å². The first-order chi connectivity index (χ1) is 6.59. The molecule has 2 nitrogen and oxygen atoms in total. The summed E-state index contributed by atoms with van der Waals surface area (Å²) in [5, 5.41) is 0. The topological polar surface area (TPSA) is 22.1 Å². The van der Waals surface area contributed by atoms with Crippen molar-refractivity contribution < 1.29 is 4.74 Å². The van der Waals surface area contributed by atoms with E-state index < -0.39 is 0 Å². The first-order valence-electron chi connectivity index (χ1n) is 4.53. The summed E-state index contributed by atoms with van der Waals surface area (Å²) < 4.78 is 7.35. The number of rotatable bonds is 4. The molecule has 1 rings (SSSR count). The van der Waals surface area contributed by atoms with Crippen molar-refractivity contribution in [3.05, 3.63) is 21.2 Å². The van der Waals surface area contributed by atoms with Crippen molar-refractivity contribution in [2.75, 3.05) is 6.61 Å². The molecule has 0 amide bonds. The van der Waals surface area contributed by atoms with Gasteiger partial charge in [-0.15, -0.1) is 0 Å². The molecule has 0 unspecified atom stereocenters. The molecule has 0 aliphatic rings. The van der Waals surface area contributed by atoms with Crippen molar-refractivity contribution in [3.8, 4) is 5.88 Å². The lowest BCUT2D eigenvalue weighted by molar-refractivity contribution is 0.277. The first kappa shape index (κ1) is 12.0. The minimum atomic E-state index is 0.657. The summed E-state index contributed by atoms with van der Waals surface area (Å²) in [5.74, 6) is 1.32. The molecule has 0 saturated heterocycles. The molecule has 14 heavy (non-hydrogen) atoms. The number of aromatic nitrogens is 1. The van der Waals surface area contributed by atoms with Crippen molar-refractivity contribution in [3.63, 3.8) is 0 Å². The van der Waals surface area contributed by atoms with Crippen molar-refractivity contribution in [2.45, 2.75) is 20.3 Å². The molecule has 1 aromatic rings. The summed E-state index contributed by atoms with van der Waals surface area (Å²) in [7, 11) is 0. The lowest BCUT2D eigenvalue weighted by Gasteiger charge is -2.08. The molecular weight excluding hydrogens is 310 g/mol. The normalized spacial score (nSPS) is 10.6. The monoisotopic (exact) mass is 321 g/mol.